The van der Waals surface area contributed by atoms with Crippen LogP contribution in [0.2, 0.25) is 0 Å². The van der Waals surface area contributed by atoms with E-state index in [2.05, 4.69) is 5.16 Å². The largest absolute Gasteiger partial charge is 0.476 e. The fraction of sp³-hybridized carbons (Fsp3) is 0.231. The van der Waals surface area contributed by atoms with E-state index in [0.717, 1.165) is 12.1 Å². The molecule has 0 amide bonds. The van der Waals surface area contributed by atoms with E-state index in [4.69, 9.17) is 9.63 Å². The minimum absolute atomic E-state index is 0.231. The summed E-state index contributed by atoms with van der Waals surface area (Å²) in [6.07, 6.45) is 0. The molecule has 1 aromatic heterocycles. The van der Waals surface area contributed by atoms with Crippen LogP contribution >= 0.6 is 0 Å². The van der Waals surface area contributed by atoms with Gasteiger partial charge in [-0.2, -0.15) is 0 Å². The molecule has 0 aliphatic carbocycles. The highest BCUT2D eigenvalue weighted by molar-refractivity contribution is 5.85. The summed E-state index contributed by atoms with van der Waals surface area (Å²) in [5.74, 6) is -2.86. The van der Waals surface area contributed by atoms with Gasteiger partial charge in [-0.05, 0) is 31.5 Å². The van der Waals surface area contributed by atoms with Crippen LogP contribution in [0, 0.1) is 11.6 Å². The fourth-order valence-electron chi connectivity index (χ4n) is 1.70. The van der Waals surface area contributed by atoms with Crippen LogP contribution in [0.3, 0.4) is 0 Å². The molecule has 1 N–H and O–H groups in total. The minimum Gasteiger partial charge on any atom is -0.476 e. The van der Waals surface area contributed by atoms with Gasteiger partial charge in [0.2, 0.25) is 0 Å². The van der Waals surface area contributed by atoms with Crippen LogP contribution in [0.1, 0.15) is 35.7 Å². The Morgan fingerprint density at radius 2 is 1.95 bits per heavy atom. The van der Waals surface area contributed by atoms with Crippen molar-refractivity contribution in [3.8, 4) is 0 Å². The van der Waals surface area contributed by atoms with Gasteiger partial charge in [0.05, 0.1) is 5.41 Å². The van der Waals surface area contributed by atoms with Crippen molar-refractivity contribution in [1.82, 2.24) is 5.16 Å². The molecule has 2 rings (SSSR count). The molecule has 1 heterocycles. The third kappa shape index (κ3) is 2.33. The van der Waals surface area contributed by atoms with Crippen LogP contribution in [-0.2, 0) is 5.41 Å². The lowest BCUT2D eigenvalue weighted by molar-refractivity contribution is 0.0685. The van der Waals surface area contributed by atoms with Crippen LogP contribution in [0.4, 0.5) is 8.78 Å². The Bertz CT molecular complexity index is 635. The predicted octanol–water partition coefficient (Wildman–Crippen LogP) is 2.98. The molecule has 0 fully saturated rings. The highest BCUT2D eigenvalue weighted by Gasteiger charge is 2.29. The number of aromatic carboxylic acids is 1. The third-order valence-corrected chi connectivity index (χ3v) is 2.99. The van der Waals surface area contributed by atoms with Crippen molar-refractivity contribution < 1.29 is 23.2 Å². The number of hydrogen-bond donors (Lipinski definition) is 1. The molecule has 0 bridgehead atoms. The van der Waals surface area contributed by atoms with Crippen molar-refractivity contribution in [1.29, 1.82) is 0 Å². The lowest BCUT2D eigenvalue weighted by Crippen LogP contribution is -2.18. The molecule has 2 aromatic rings. The maximum atomic E-state index is 13.2. The second-order valence-electron chi connectivity index (χ2n) is 4.64. The molecule has 0 spiro atoms. The van der Waals surface area contributed by atoms with Gasteiger partial charge in [0, 0.05) is 6.07 Å². The fourth-order valence-corrected chi connectivity index (χ4v) is 1.70. The molecule has 0 aliphatic heterocycles. The molecule has 0 saturated heterocycles. The van der Waals surface area contributed by atoms with Crippen LogP contribution in [0.25, 0.3) is 0 Å². The average molecular weight is 267 g/mol. The Hall–Kier alpha value is -2.24. The molecule has 6 heteroatoms. The lowest BCUT2D eigenvalue weighted by atomic mass is 9.82. The monoisotopic (exact) mass is 267 g/mol. The molecule has 1 aromatic carbocycles. The zero-order valence-corrected chi connectivity index (χ0v) is 10.3. The molecule has 0 atom stereocenters. The van der Waals surface area contributed by atoms with Gasteiger partial charge in [0.1, 0.15) is 5.76 Å². The number of carboxylic acid groups (broad SMARTS) is 1. The minimum atomic E-state index is -1.21. The molecule has 0 radical (unpaired) electrons. The van der Waals surface area contributed by atoms with Crippen molar-refractivity contribution in [3.05, 3.63) is 52.9 Å². The normalized spacial score (nSPS) is 11.6. The Labute approximate surface area is 107 Å². The van der Waals surface area contributed by atoms with Crippen molar-refractivity contribution >= 4 is 5.97 Å². The highest BCUT2D eigenvalue weighted by Crippen LogP contribution is 2.32. The van der Waals surface area contributed by atoms with E-state index < -0.39 is 23.0 Å². The van der Waals surface area contributed by atoms with E-state index in [-0.39, 0.29) is 11.5 Å². The van der Waals surface area contributed by atoms with Crippen molar-refractivity contribution in [2.45, 2.75) is 19.3 Å². The first kappa shape index (κ1) is 13.2. The third-order valence-electron chi connectivity index (χ3n) is 2.99. The Morgan fingerprint density at radius 3 is 2.47 bits per heavy atom. The zero-order chi connectivity index (χ0) is 14.2. The topological polar surface area (TPSA) is 63.3 Å². The summed E-state index contributed by atoms with van der Waals surface area (Å²) in [6.45, 7) is 3.40. The van der Waals surface area contributed by atoms with E-state index in [0.29, 0.717) is 5.56 Å². The highest BCUT2D eigenvalue weighted by atomic mass is 19.2. The summed E-state index contributed by atoms with van der Waals surface area (Å²) in [7, 11) is 0. The number of halogens is 2. The summed E-state index contributed by atoms with van der Waals surface area (Å²) in [5.41, 5.74) is -0.597. The Balaban J connectivity index is 2.45. The van der Waals surface area contributed by atoms with Crippen molar-refractivity contribution in [2.24, 2.45) is 0 Å². The van der Waals surface area contributed by atoms with Gasteiger partial charge in [0.25, 0.3) is 0 Å². The second kappa shape index (κ2) is 4.46. The summed E-state index contributed by atoms with van der Waals surface area (Å²) in [5, 5.41) is 12.2. The maximum Gasteiger partial charge on any atom is 0.358 e. The van der Waals surface area contributed by atoms with Gasteiger partial charge >= 0.3 is 5.97 Å². The number of carbonyl (C=O) groups is 1. The van der Waals surface area contributed by atoms with Gasteiger partial charge in [-0.1, -0.05) is 11.2 Å². The number of aromatic nitrogens is 1. The zero-order valence-electron chi connectivity index (χ0n) is 10.3. The van der Waals surface area contributed by atoms with E-state index >= 15 is 0 Å². The molecular formula is C13H11F2NO3. The summed E-state index contributed by atoms with van der Waals surface area (Å²) >= 11 is 0. The quantitative estimate of drug-likeness (QED) is 0.928. The van der Waals surface area contributed by atoms with Crippen LogP contribution in [0.5, 0.6) is 0 Å². The van der Waals surface area contributed by atoms with Gasteiger partial charge in [-0.25, -0.2) is 13.6 Å². The van der Waals surface area contributed by atoms with E-state index in [1.807, 2.05) is 0 Å². The Morgan fingerprint density at radius 1 is 1.26 bits per heavy atom. The predicted molar refractivity (Wildman–Crippen MR) is 61.9 cm³/mol. The molecule has 0 aliphatic rings. The van der Waals surface area contributed by atoms with Crippen molar-refractivity contribution in [2.75, 3.05) is 0 Å². The molecule has 100 valence electrons. The van der Waals surface area contributed by atoms with Crippen LogP contribution in [-0.4, -0.2) is 16.2 Å². The number of hydrogen-bond acceptors (Lipinski definition) is 3. The molecule has 0 unspecified atom stereocenters. The first-order valence-electron chi connectivity index (χ1n) is 5.48. The maximum absolute atomic E-state index is 13.2. The van der Waals surface area contributed by atoms with Crippen LogP contribution < -0.4 is 0 Å². The standard InChI is InChI=1S/C13H11F2NO3/c1-13(2,7-3-4-8(14)9(15)5-7)11-6-10(12(17)18)16-19-11/h3-6H,1-2H3,(H,17,18). The van der Waals surface area contributed by atoms with Crippen molar-refractivity contribution in [3.63, 3.8) is 0 Å². The summed E-state index contributed by atoms with van der Waals surface area (Å²) in [4.78, 5) is 10.7. The number of nitrogens with zero attached hydrogens (tertiary/aromatic N) is 1. The van der Waals surface area contributed by atoms with Gasteiger partial charge in [-0.15, -0.1) is 0 Å². The van der Waals surface area contributed by atoms with Crippen LogP contribution in [0.15, 0.2) is 28.8 Å². The van der Waals surface area contributed by atoms with E-state index in [1.54, 1.807) is 13.8 Å². The number of benzene rings is 1. The first-order valence-corrected chi connectivity index (χ1v) is 5.48. The second-order valence-corrected chi connectivity index (χ2v) is 4.64. The van der Waals surface area contributed by atoms with E-state index in [1.165, 1.54) is 12.1 Å². The SMILES string of the molecule is CC(C)(c1ccc(F)c(F)c1)c1cc(C(=O)O)no1. The smallest absolute Gasteiger partial charge is 0.358 e. The lowest BCUT2D eigenvalue weighted by Gasteiger charge is -2.21. The number of carboxylic acids is 1. The summed E-state index contributed by atoms with van der Waals surface area (Å²) in [6, 6.07) is 4.75. The van der Waals surface area contributed by atoms with Gasteiger partial charge in [0.15, 0.2) is 17.3 Å². The first-order chi connectivity index (χ1) is 8.82. The summed E-state index contributed by atoms with van der Waals surface area (Å²) < 4.78 is 31.1. The molecule has 4 nitrogen and oxygen atoms in total. The molecule has 19 heavy (non-hydrogen) atoms. The Kier molecular flexibility index (Phi) is 3.09. The van der Waals surface area contributed by atoms with E-state index in [9.17, 15) is 13.6 Å². The molecule has 0 saturated carbocycles. The average Bonchev–Trinajstić information content (AvgIpc) is 2.82. The van der Waals surface area contributed by atoms with Gasteiger partial charge in [-0.3, -0.25) is 0 Å². The number of rotatable bonds is 3. The van der Waals surface area contributed by atoms with Gasteiger partial charge < -0.3 is 9.63 Å². The molecular weight excluding hydrogens is 256 g/mol.